The summed E-state index contributed by atoms with van der Waals surface area (Å²) in [6, 6.07) is 0.625. The van der Waals surface area contributed by atoms with E-state index in [1.165, 1.54) is 32.5 Å². The molecule has 0 spiro atoms. The van der Waals surface area contributed by atoms with Gasteiger partial charge in [0, 0.05) is 26.2 Å². The lowest BCUT2D eigenvalue weighted by Crippen LogP contribution is -2.43. The number of methoxy groups -OCH3 is 1. The zero-order chi connectivity index (χ0) is 13.6. The van der Waals surface area contributed by atoms with Crippen molar-refractivity contribution in [2.24, 2.45) is 5.92 Å². The highest BCUT2D eigenvalue weighted by atomic mass is 16.5. The lowest BCUT2D eigenvalue weighted by Gasteiger charge is -2.35. The van der Waals surface area contributed by atoms with Crippen LogP contribution >= 0.6 is 0 Å². The van der Waals surface area contributed by atoms with Crippen LogP contribution in [0.4, 0.5) is 0 Å². The SMILES string of the molecule is COC(C)(C)CCN(CC1CCCNC1)C(C)C. The standard InChI is InChI=1S/C15H32N2O/c1-13(2)17(10-8-15(3,4)18-5)12-14-7-6-9-16-11-14/h13-14,16H,6-12H2,1-5H3. The molecule has 1 heterocycles. The van der Waals surface area contributed by atoms with Gasteiger partial charge in [0.05, 0.1) is 5.60 Å². The monoisotopic (exact) mass is 256 g/mol. The van der Waals surface area contributed by atoms with E-state index in [1.54, 1.807) is 0 Å². The molecule has 0 aliphatic carbocycles. The van der Waals surface area contributed by atoms with Crippen LogP contribution in [-0.2, 0) is 4.74 Å². The van der Waals surface area contributed by atoms with E-state index in [2.05, 4.69) is 37.9 Å². The predicted molar refractivity (Wildman–Crippen MR) is 78.0 cm³/mol. The molecule has 18 heavy (non-hydrogen) atoms. The van der Waals surface area contributed by atoms with E-state index in [4.69, 9.17) is 4.74 Å². The molecule has 0 aromatic heterocycles. The highest BCUT2D eigenvalue weighted by molar-refractivity contribution is 4.77. The first-order valence-corrected chi connectivity index (χ1v) is 7.44. The number of rotatable bonds is 7. The van der Waals surface area contributed by atoms with Crippen molar-refractivity contribution in [3.05, 3.63) is 0 Å². The zero-order valence-electron chi connectivity index (χ0n) is 13.0. The van der Waals surface area contributed by atoms with Crippen molar-refractivity contribution in [1.82, 2.24) is 10.2 Å². The van der Waals surface area contributed by atoms with Crippen molar-refractivity contribution < 1.29 is 4.74 Å². The van der Waals surface area contributed by atoms with Crippen LogP contribution in [-0.4, -0.2) is 49.8 Å². The number of piperidine rings is 1. The molecule has 1 aliphatic rings. The van der Waals surface area contributed by atoms with Crippen LogP contribution in [0.3, 0.4) is 0 Å². The van der Waals surface area contributed by atoms with Crippen LogP contribution in [0.1, 0.15) is 47.0 Å². The molecule has 1 rings (SSSR count). The van der Waals surface area contributed by atoms with E-state index >= 15 is 0 Å². The Kier molecular flexibility index (Phi) is 6.61. The molecule has 1 unspecified atom stereocenters. The minimum atomic E-state index is -0.00203. The Balaban J connectivity index is 2.39. The van der Waals surface area contributed by atoms with Crippen molar-refractivity contribution in [2.75, 3.05) is 33.3 Å². The second kappa shape index (κ2) is 7.46. The Morgan fingerprint density at radius 1 is 1.39 bits per heavy atom. The van der Waals surface area contributed by atoms with Gasteiger partial charge in [0.15, 0.2) is 0 Å². The molecule has 1 aliphatic heterocycles. The summed E-state index contributed by atoms with van der Waals surface area (Å²) >= 11 is 0. The van der Waals surface area contributed by atoms with Gasteiger partial charge in [0.25, 0.3) is 0 Å². The average Bonchev–Trinajstić information content (AvgIpc) is 2.35. The number of nitrogens with zero attached hydrogens (tertiary/aromatic N) is 1. The predicted octanol–water partition coefficient (Wildman–Crippen LogP) is 2.51. The molecular formula is C15H32N2O. The van der Waals surface area contributed by atoms with Gasteiger partial charge in [0.1, 0.15) is 0 Å². The fourth-order valence-electron chi connectivity index (χ4n) is 2.49. The topological polar surface area (TPSA) is 24.5 Å². The molecule has 0 saturated carbocycles. The van der Waals surface area contributed by atoms with E-state index < -0.39 is 0 Å². The van der Waals surface area contributed by atoms with E-state index in [0.29, 0.717) is 6.04 Å². The molecule has 0 radical (unpaired) electrons. The molecule has 1 saturated heterocycles. The number of ether oxygens (including phenoxy) is 1. The molecule has 0 aromatic carbocycles. The smallest absolute Gasteiger partial charge is 0.0634 e. The van der Waals surface area contributed by atoms with Crippen molar-refractivity contribution >= 4 is 0 Å². The molecule has 0 aromatic rings. The fourth-order valence-corrected chi connectivity index (χ4v) is 2.49. The molecule has 0 bridgehead atoms. The molecule has 0 amide bonds. The normalized spacial score (nSPS) is 21.8. The number of nitrogens with one attached hydrogen (secondary N) is 1. The van der Waals surface area contributed by atoms with Crippen LogP contribution in [0.2, 0.25) is 0 Å². The average molecular weight is 256 g/mol. The maximum atomic E-state index is 5.52. The quantitative estimate of drug-likeness (QED) is 0.757. The second-order valence-electron chi connectivity index (χ2n) is 6.51. The molecule has 1 N–H and O–H groups in total. The number of hydrogen-bond donors (Lipinski definition) is 1. The molecule has 3 nitrogen and oxygen atoms in total. The van der Waals surface area contributed by atoms with E-state index in [-0.39, 0.29) is 5.60 Å². The third-order valence-electron chi connectivity index (χ3n) is 4.18. The highest BCUT2D eigenvalue weighted by Gasteiger charge is 2.22. The summed E-state index contributed by atoms with van der Waals surface area (Å²) < 4.78 is 5.52. The van der Waals surface area contributed by atoms with Gasteiger partial charge in [-0.25, -0.2) is 0 Å². The van der Waals surface area contributed by atoms with Crippen molar-refractivity contribution in [1.29, 1.82) is 0 Å². The van der Waals surface area contributed by atoms with Crippen LogP contribution in [0, 0.1) is 5.92 Å². The molecule has 1 atom stereocenters. The summed E-state index contributed by atoms with van der Waals surface area (Å²) in [5.41, 5.74) is -0.00203. The summed E-state index contributed by atoms with van der Waals surface area (Å²) in [6.07, 6.45) is 3.81. The summed E-state index contributed by atoms with van der Waals surface area (Å²) in [4.78, 5) is 2.61. The summed E-state index contributed by atoms with van der Waals surface area (Å²) in [7, 11) is 1.81. The summed E-state index contributed by atoms with van der Waals surface area (Å²) in [6.45, 7) is 13.7. The Morgan fingerprint density at radius 3 is 2.61 bits per heavy atom. The third-order valence-corrected chi connectivity index (χ3v) is 4.18. The van der Waals surface area contributed by atoms with Crippen molar-refractivity contribution in [2.45, 2.75) is 58.6 Å². The Bertz CT molecular complexity index is 223. The van der Waals surface area contributed by atoms with E-state index in [1.807, 2.05) is 7.11 Å². The minimum absolute atomic E-state index is 0.00203. The first kappa shape index (κ1) is 15.9. The van der Waals surface area contributed by atoms with Crippen molar-refractivity contribution in [3.8, 4) is 0 Å². The van der Waals surface area contributed by atoms with Gasteiger partial charge in [-0.3, -0.25) is 0 Å². The summed E-state index contributed by atoms with van der Waals surface area (Å²) in [5.74, 6) is 0.826. The Hall–Kier alpha value is -0.120. The number of hydrogen-bond acceptors (Lipinski definition) is 3. The van der Waals surface area contributed by atoms with Gasteiger partial charge >= 0.3 is 0 Å². The lowest BCUT2D eigenvalue weighted by atomic mass is 9.97. The molecule has 1 fully saturated rings. The highest BCUT2D eigenvalue weighted by Crippen LogP contribution is 2.18. The van der Waals surface area contributed by atoms with Crippen LogP contribution in [0.15, 0.2) is 0 Å². The minimum Gasteiger partial charge on any atom is -0.379 e. The van der Waals surface area contributed by atoms with Crippen LogP contribution < -0.4 is 5.32 Å². The molecular weight excluding hydrogens is 224 g/mol. The van der Waals surface area contributed by atoms with Gasteiger partial charge in [-0.1, -0.05) is 0 Å². The summed E-state index contributed by atoms with van der Waals surface area (Å²) in [5, 5.41) is 3.51. The van der Waals surface area contributed by atoms with Gasteiger partial charge in [-0.2, -0.15) is 0 Å². The lowest BCUT2D eigenvalue weighted by molar-refractivity contribution is 0.00328. The van der Waals surface area contributed by atoms with Crippen LogP contribution in [0.5, 0.6) is 0 Å². The maximum Gasteiger partial charge on any atom is 0.0634 e. The van der Waals surface area contributed by atoms with Gasteiger partial charge in [-0.05, 0) is 66.0 Å². The van der Waals surface area contributed by atoms with Crippen LogP contribution in [0.25, 0.3) is 0 Å². The first-order valence-electron chi connectivity index (χ1n) is 7.44. The third kappa shape index (κ3) is 5.68. The maximum absolute atomic E-state index is 5.52. The van der Waals surface area contributed by atoms with Crippen molar-refractivity contribution in [3.63, 3.8) is 0 Å². The molecule has 108 valence electrons. The first-order chi connectivity index (χ1) is 8.44. The fraction of sp³-hybridized carbons (Fsp3) is 1.00. The zero-order valence-corrected chi connectivity index (χ0v) is 13.0. The largest absolute Gasteiger partial charge is 0.379 e. The van der Waals surface area contributed by atoms with E-state index in [9.17, 15) is 0 Å². The second-order valence-corrected chi connectivity index (χ2v) is 6.51. The van der Waals surface area contributed by atoms with Gasteiger partial charge in [-0.15, -0.1) is 0 Å². The van der Waals surface area contributed by atoms with Gasteiger partial charge < -0.3 is 15.0 Å². The Labute approximate surface area is 113 Å². The Morgan fingerprint density at radius 2 is 2.11 bits per heavy atom. The van der Waals surface area contributed by atoms with E-state index in [0.717, 1.165) is 18.9 Å². The van der Waals surface area contributed by atoms with Gasteiger partial charge in [0.2, 0.25) is 0 Å². The molecule has 3 heteroatoms.